The van der Waals surface area contributed by atoms with Crippen LogP contribution in [0, 0.1) is 6.92 Å². The maximum Gasteiger partial charge on any atom is 0.266 e. The second-order valence-electron chi connectivity index (χ2n) is 6.61. The first-order valence-electron chi connectivity index (χ1n) is 9.03. The molecule has 29 heavy (non-hydrogen) atoms. The Morgan fingerprint density at radius 1 is 1.03 bits per heavy atom. The van der Waals surface area contributed by atoms with Crippen molar-refractivity contribution in [3.8, 4) is 5.69 Å². The van der Waals surface area contributed by atoms with Crippen LogP contribution in [-0.4, -0.2) is 21.1 Å². The lowest BCUT2D eigenvalue weighted by atomic mass is 10.1. The molecule has 4 aromatic rings. The molecule has 6 heteroatoms. The molecule has 1 heterocycles. The highest BCUT2D eigenvalue weighted by Gasteiger charge is 2.15. The van der Waals surface area contributed by atoms with E-state index in [1.54, 1.807) is 36.4 Å². The first-order valence-corrected chi connectivity index (χ1v) is 10.4. The van der Waals surface area contributed by atoms with Gasteiger partial charge in [0.05, 0.1) is 22.3 Å². The van der Waals surface area contributed by atoms with Gasteiger partial charge in [-0.05, 0) is 37.3 Å². The van der Waals surface area contributed by atoms with Crippen LogP contribution in [0.25, 0.3) is 16.6 Å². The number of thioether (sulfide) groups is 1. The summed E-state index contributed by atoms with van der Waals surface area (Å²) in [7, 11) is 0. The van der Waals surface area contributed by atoms with Crippen molar-refractivity contribution >= 4 is 40.0 Å². The van der Waals surface area contributed by atoms with Crippen molar-refractivity contribution in [2.75, 3.05) is 5.75 Å². The fourth-order valence-electron chi connectivity index (χ4n) is 3.00. The number of benzene rings is 3. The quantitative estimate of drug-likeness (QED) is 0.249. The number of nitrogens with zero attached hydrogens (tertiary/aromatic N) is 2. The van der Waals surface area contributed by atoms with Crippen molar-refractivity contribution < 1.29 is 4.79 Å². The fourth-order valence-corrected chi connectivity index (χ4v) is 4.10. The van der Waals surface area contributed by atoms with Gasteiger partial charge in [0, 0.05) is 10.6 Å². The number of fused-ring (bicyclic) bond motifs is 1. The molecule has 144 valence electrons. The minimum Gasteiger partial charge on any atom is -0.293 e. The molecule has 0 aliphatic rings. The minimum atomic E-state index is -0.192. The molecule has 0 fully saturated rings. The van der Waals surface area contributed by atoms with E-state index in [9.17, 15) is 9.59 Å². The van der Waals surface area contributed by atoms with E-state index in [1.807, 2.05) is 43.3 Å². The highest BCUT2D eigenvalue weighted by atomic mass is 35.5. The maximum absolute atomic E-state index is 13.2. The number of hydrogen-bond donors (Lipinski definition) is 0. The zero-order valence-corrected chi connectivity index (χ0v) is 17.2. The van der Waals surface area contributed by atoms with Gasteiger partial charge < -0.3 is 0 Å². The van der Waals surface area contributed by atoms with Gasteiger partial charge in [0.2, 0.25) is 0 Å². The number of rotatable bonds is 5. The number of aryl methyl sites for hydroxylation is 1. The molecule has 3 aromatic carbocycles. The molecule has 0 bridgehead atoms. The van der Waals surface area contributed by atoms with Gasteiger partial charge in [-0.2, -0.15) is 0 Å². The van der Waals surface area contributed by atoms with Crippen LogP contribution in [-0.2, 0) is 0 Å². The van der Waals surface area contributed by atoms with E-state index in [-0.39, 0.29) is 17.1 Å². The van der Waals surface area contributed by atoms with E-state index in [4.69, 9.17) is 11.6 Å². The number of aromatic nitrogens is 2. The molecule has 0 saturated heterocycles. The molecule has 4 nitrogen and oxygen atoms in total. The maximum atomic E-state index is 13.2. The number of ketones is 1. The van der Waals surface area contributed by atoms with Crippen LogP contribution in [0.3, 0.4) is 0 Å². The first-order chi connectivity index (χ1) is 14.0. The SMILES string of the molecule is Cc1ccc(C(=O)CSc2nc3ccccc3c(=O)n2-c2cccc(Cl)c2)cc1. The van der Waals surface area contributed by atoms with Crippen molar-refractivity contribution in [3.63, 3.8) is 0 Å². The number of para-hydroxylation sites is 1. The largest absolute Gasteiger partial charge is 0.293 e. The predicted molar refractivity (Wildman–Crippen MR) is 119 cm³/mol. The zero-order valence-electron chi connectivity index (χ0n) is 15.6. The third-order valence-corrected chi connectivity index (χ3v) is 5.69. The van der Waals surface area contributed by atoms with Crippen molar-refractivity contribution in [1.82, 2.24) is 9.55 Å². The second kappa shape index (κ2) is 8.23. The van der Waals surface area contributed by atoms with Gasteiger partial charge in [0.15, 0.2) is 10.9 Å². The molecule has 0 atom stereocenters. The molecule has 0 saturated carbocycles. The van der Waals surface area contributed by atoms with Crippen LogP contribution >= 0.6 is 23.4 Å². The fraction of sp³-hybridized carbons (Fsp3) is 0.0870. The third-order valence-electron chi connectivity index (χ3n) is 4.52. The summed E-state index contributed by atoms with van der Waals surface area (Å²) in [6.07, 6.45) is 0. The normalized spacial score (nSPS) is 11.0. The van der Waals surface area contributed by atoms with Gasteiger partial charge in [-0.1, -0.05) is 71.4 Å². The topological polar surface area (TPSA) is 52.0 Å². The predicted octanol–water partition coefficient (Wildman–Crippen LogP) is 5.32. The Labute approximate surface area is 177 Å². The number of carbonyl (C=O) groups is 1. The lowest BCUT2D eigenvalue weighted by Gasteiger charge is -2.13. The standard InChI is InChI=1S/C23H17ClN2O2S/c1-15-9-11-16(12-10-15)21(27)14-29-23-25-20-8-3-2-7-19(20)22(28)26(23)18-6-4-5-17(24)13-18/h2-13H,14H2,1H3. The van der Waals surface area contributed by atoms with E-state index >= 15 is 0 Å². The summed E-state index contributed by atoms with van der Waals surface area (Å²) in [5.41, 5.74) is 2.76. The van der Waals surface area contributed by atoms with Crippen LogP contribution in [0.15, 0.2) is 82.7 Å². The van der Waals surface area contributed by atoms with Gasteiger partial charge in [-0.25, -0.2) is 4.98 Å². The number of hydrogen-bond acceptors (Lipinski definition) is 4. The van der Waals surface area contributed by atoms with Gasteiger partial charge >= 0.3 is 0 Å². The Morgan fingerprint density at radius 3 is 2.55 bits per heavy atom. The summed E-state index contributed by atoms with van der Waals surface area (Å²) in [5.74, 6) is 0.157. The molecule has 0 unspecified atom stereocenters. The molecular formula is C23H17ClN2O2S. The van der Waals surface area contributed by atoms with Gasteiger partial charge in [-0.15, -0.1) is 0 Å². The van der Waals surface area contributed by atoms with Crippen LogP contribution in [0.4, 0.5) is 0 Å². The number of Topliss-reactive ketones (excluding diaryl/α,β-unsaturated/α-hetero) is 1. The minimum absolute atomic E-state index is 0.0185. The summed E-state index contributed by atoms with van der Waals surface area (Å²) in [6.45, 7) is 1.98. The second-order valence-corrected chi connectivity index (χ2v) is 7.99. The van der Waals surface area contributed by atoms with Crippen molar-refractivity contribution in [2.24, 2.45) is 0 Å². The average Bonchev–Trinajstić information content (AvgIpc) is 2.72. The van der Waals surface area contributed by atoms with E-state index in [2.05, 4.69) is 4.98 Å². The van der Waals surface area contributed by atoms with Crippen LogP contribution in [0.2, 0.25) is 5.02 Å². The van der Waals surface area contributed by atoms with E-state index in [0.29, 0.717) is 32.3 Å². The molecule has 0 N–H and O–H groups in total. The molecular weight excluding hydrogens is 404 g/mol. The van der Waals surface area contributed by atoms with Gasteiger partial charge in [0.25, 0.3) is 5.56 Å². The summed E-state index contributed by atoms with van der Waals surface area (Å²) < 4.78 is 1.52. The van der Waals surface area contributed by atoms with E-state index < -0.39 is 0 Å². The Balaban J connectivity index is 1.76. The lowest BCUT2D eigenvalue weighted by molar-refractivity contribution is 0.102. The summed E-state index contributed by atoms with van der Waals surface area (Å²) >= 11 is 7.38. The lowest BCUT2D eigenvalue weighted by Crippen LogP contribution is -2.22. The molecule has 0 amide bonds. The van der Waals surface area contributed by atoms with E-state index in [0.717, 1.165) is 5.56 Å². The van der Waals surface area contributed by atoms with Crippen LogP contribution < -0.4 is 5.56 Å². The van der Waals surface area contributed by atoms with Crippen molar-refractivity contribution in [1.29, 1.82) is 0 Å². The first kappa shape index (κ1) is 19.4. The van der Waals surface area contributed by atoms with Crippen molar-refractivity contribution in [2.45, 2.75) is 12.1 Å². The molecule has 0 spiro atoms. The third kappa shape index (κ3) is 4.11. The number of carbonyl (C=O) groups excluding carboxylic acids is 1. The van der Waals surface area contributed by atoms with Gasteiger partial charge in [-0.3, -0.25) is 14.2 Å². The van der Waals surface area contributed by atoms with Crippen molar-refractivity contribution in [3.05, 3.63) is 99.3 Å². The summed E-state index contributed by atoms with van der Waals surface area (Å²) in [5, 5.41) is 1.49. The average molecular weight is 421 g/mol. The van der Waals surface area contributed by atoms with Crippen LogP contribution in [0.5, 0.6) is 0 Å². The monoisotopic (exact) mass is 420 g/mol. The Morgan fingerprint density at radius 2 is 1.79 bits per heavy atom. The Hall–Kier alpha value is -2.89. The van der Waals surface area contributed by atoms with E-state index in [1.165, 1.54) is 16.3 Å². The molecule has 4 rings (SSSR count). The van der Waals surface area contributed by atoms with Gasteiger partial charge in [0.1, 0.15) is 0 Å². The Kier molecular flexibility index (Phi) is 5.51. The summed E-state index contributed by atoms with van der Waals surface area (Å²) in [6, 6.07) is 21.7. The zero-order chi connectivity index (χ0) is 20.4. The highest BCUT2D eigenvalue weighted by Crippen LogP contribution is 2.23. The molecule has 0 aliphatic heterocycles. The Bertz CT molecular complexity index is 1270. The van der Waals surface area contributed by atoms with Crippen LogP contribution in [0.1, 0.15) is 15.9 Å². The number of halogens is 1. The highest BCUT2D eigenvalue weighted by molar-refractivity contribution is 7.99. The smallest absolute Gasteiger partial charge is 0.266 e. The molecule has 1 aromatic heterocycles. The molecule has 0 aliphatic carbocycles. The summed E-state index contributed by atoms with van der Waals surface area (Å²) in [4.78, 5) is 30.5. The molecule has 0 radical (unpaired) electrons.